The molecule has 27 heavy (non-hydrogen) atoms. The van der Waals surface area contributed by atoms with Crippen molar-refractivity contribution >= 4 is 31.9 Å². The van der Waals surface area contributed by atoms with E-state index in [1.807, 2.05) is 6.92 Å². The molecule has 3 atom stereocenters. The Morgan fingerprint density at radius 2 is 2.07 bits per heavy atom. The Kier molecular flexibility index (Phi) is 5.68. The Balaban J connectivity index is 1.70. The zero-order valence-corrected chi connectivity index (χ0v) is 16.7. The molecule has 0 amide bonds. The Labute approximate surface area is 164 Å². The minimum Gasteiger partial charge on any atom is -0.390 e. The van der Waals surface area contributed by atoms with Gasteiger partial charge in [-0.25, -0.2) is 4.79 Å². The highest BCUT2D eigenvalue weighted by Gasteiger charge is 2.37. The first-order chi connectivity index (χ1) is 12.7. The van der Waals surface area contributed by atoms with E-state index in [-0.39, 0.29) is 23.7 Å². The van der Waals surface area contributed by atoms with Gasteiger partial charge in [0.2, 0.25) is 0 Å². The van der Waals surface area contributed by atoms with Crippen LogP contribution in [0.25, 0.3) is 0 Å². The van der Waals surface area contributed by atoms with Gasteiger partial charge in [-0.2, -0.15) is 13.4 Å². The van der Waals surface area contributed by atoms with Crippen molar-refractivity contribution in [1.29, 1.82) is 0 Å². The second kappa shape index (κ2) is 7.68. The maximum absolute atomic E-state index is 12.2. The molecule has 1 aliphatic heterocycles. The Hall–Kier alpha value is -1.79. The third kappa shape index (κ3) is 4.38. The molecule has 1 aromatic carbocycles. The Morgan fingerprint density at radius 3 is 2.74 bits per heavy atom. The first-order valence-corrected chi connectivity index (χ1v) is 10.2. The zero-order chi connectivity index (χ0) is 19.8. The van der Waals surface area contributed by atoms with Crippen molar-refractivity contribution in [3.05, 3.63) is 51.0 Å². The van der Waals surface area contributed by atoms with Crippen LogP contribution in [-0.2, 0) is 19.0 Å². The number of nitrogen functional groups attached to an aromatic ring is 1. The zero-order valence-electron chi connectivity index (χ0n) is 14.3. The molecule has 0 aliphatic carbocycles. The summed E-state index contributed by atoms with van der Waals surface area (Å²) in [6.07, 6.45) is -1.25. The van der Waals surface area contributed by atoms with Gasteiger partial charge in [-0.15, -0.1) is 0 Å². The van der Waals surface area contributed by atoms with E-state index in [2.05, 4.69) is 20.9 Å². The lowest BCUT2D eigenvalue weighted by Gasteiger charge is -2.16. The van der Waals surface area contributed by atoms with Crippen molar-refractivity contribution < 1.29 is 22.4 Å². The van der Waals surface area contributed by atoms with Gasteiger partial charge in [0.25, 0.3) is 10.1 Å². The fourth-order valence-corrected chi connectivity index (χ4v) is 3.86. The van der Waals surface area contributed by atoms with Crippen molar-refractivity contribution in [2.24, 2.45) is 0 Å². The lowest BCUT2D eigenvalue weighted by atomic mass is 10.2. The van der Waals surface area contributed by atoms with Crippen LogP contribution in [0.3, 0.4) is 0 Å². The lowest BCUT2D eigenvalue weighted by molar-refractivity contribution is -0.0399. The van der Waals surface area contributed by atoms with Gasteiger partial charge in [-0.1, -0.05) is 17.7 Å². The smallest absolute Gasteiger partial charge is 0.351 e. The molecule has 0 unspecified atom stereocenters. The number of halogens is 1. The SMILES string of the molecule is Cc1ccc(S(=O)(=O)OC[C@H]2O[C@@H](n3cc(Br)c(N)nc3=O)C[C@@H]2O)cc1. The lowest BCUT2D eigenvalue weighted by Crippen LogP contribution is -2.29. The van der Waals surface area contributed by atoms with Crippen LogP contribution in [0, 0.1) is 6.92 Å². The molecular weight excluding hydrogens is 442 g/mol. The quantitative estimate of drug-likeness (QED) is 0.631. The summed E-state index contributed by atoms with van der Waals surface area (Å²) in [6.45, 7) is 1.46. The van der Waals surface area contributed by atoms with Gasteiger partial charge in [0.15, 0.2) is 0 Å². The van der Waals surface area contributed by atoms with E-state index in [4.69, 9.17) is 14.7 Å². The molecule has 3 N–H and O–H groups in total. The van der Waals surface area contributed by atoms with Crippen molar-refractivity contribution in [1.82, 2.24) is 9.55 Å². The van der Waals surface area contributed by atoms with E-state index in [1.54, 1.807) is 12.1 Å². The van der Waals surface area contributed by atoms with Gasteiger partial charge < -0.3 is 15.6 Å². The van der Waals surface area contributed by atoms with Gasteiger partial charge in [-0.3, -0.25) is 8.75 Å². The molecule has 1 fully saturated rings. The highest BCUT2D eigenvalue weighted by atomic mass is 79.9. The topological polar surface area (TPSA) is 134 Å². The fraction of sp³-hybridized carbons (Fsp3) is 0.375. The molecule has 146 valence electrons. The predicted molar refractivity (Wildman–Crippen MR) is 99.5 cm³/mol. The number of rotatable bonds is 5. The molecule has 3 rings (SSSR count). The molecule has 0 radical (unpaired) electrons. The maximum atomic E-state index is 12.2. The number of aryl methyl sites for hydroxylation is 1. The van der Waals surface area contributed by atoms with Gasteiger partial charge in [0.05, 0.1) is 22.1 Å². The molecule has 0 spiro atoms. The normalized spacial score (nSPS) is 22.9. The van der Waals surface area contributed by atoms with Crippen molar-refractivity contribution in [2.45, 2.75) is 36.7 Å². The summed E-state index contributed by atoms with van der Waals surface area (Å²) in [7, 11) is -3.99. The second-order valence-corrected chi connectivity index (χ2v) is 8.62. The van der Waals surface area contributed by atoms with Gasteiger partial charge in [0.1, 0.15) is 18.1 Å². The highest BCUT2D eigenvalue weighted by molar-refractivity contribution is 9.10. The largest absolute Gasteiger partial charge is 0.390 e. The summed E-state index contributed by atoms with van der Waals surface area (Å²) in [4.78, 5) is 15.6. The Bertz CT molecular complexity index is 992. The molecule has 0 saturated carbocycles. The van der Waals surface area contributed by atoms with E-state index < -0.39 is 34.2 Å². The number of nitrogens with two attached hydrogens (primary N) is 1. The molecular formula is C16H18BrN3O6S. The van der Waals surface area contributed by atoms with Crippen molar-refractivity contribution in [2.75, 3.05) is 12.3 Å². The molecule has 1 saturated heterocycles. The summed E-state index contributed by atoms with van der Waals surface area (Å²) in [5.41, 5.74) is 5.83. The van der Waals surface area contributed by atoms with Crippen LogP contribution < -0.4 is 11.4 Å². The van der Waals surface area contributed by atoms with Gasteiger partial charge in [-0.05, 0) is 35.0 Å². The molecule has 2 aromatic rings. The minimum atomic E-state index is -3.99. The first kappa shape index (κ1) is 20.0. The van der Waals surface area contributed by atoms with E-state index in [0.29, 0.717) is 4.47 Å². The van der Waals surface area contributed by atoms with E-state index >= 15 is 0 Å². The number of anilines is 1. The van der Waals surface area contributed by atoms with E-state index in [1.165, 1.54) is 22.9 Å². The molecule has 1 aliphatic rings. The Morgan fingerprint density at radius 1 is 1.41 bits per heavy atom. The van der Waals surface area contributed by atoms with Gasteiger partial charge >= 0.3 is 5.69 Å². The number of aliphatic hydroxyl groups excluding tert-OH is 1. The summed E-state index contributed by atoms with van der Waals surface area (Å²) in [5, 5.41) is 10.2. The van der Waals surface area contributed by atoms with Crippen molar-refractivity contribution in [3.63, 3.8) is 0 Å². The number of hydrogen-bond donors (Lipinski definition) is 2. The van der Waals surface area contributed by atoms with Crippen molar-refractivity contribution in [3.8, 4) is 0 Å². The van der Waals surface area contributed by atoms with Crippen LogP contribution >= 0.6 is 15.9 Å². The number of aromatic nitrogens is 2. The van der Waals surface area contributed by atoms with Gasteiger partial charge in [0, 0.05) is 12.6 Å². The molecule has 0 bridgehead atoms. The monoisotopic (exact) mass is 459 g/mol. The van der Waals surface area contributed by atoms with Crippen LogP contribution in [0.4, 0.5) is 5.82 Å². The summed E-state index contributed by atoms with van der Waals surface area (Å²) < 4.78 is 36.7. The van der Waals surface area contributed by atoms with Crippen LogP contribution in [0.15, 0.2) is 44.6 Å². The number of hydrogen-bond acceptors (Lipinski definition) is 8. The molecule has 2 heterocycles. The fourth-order valence-electron chi connectivity index (χ4n) is 2.63. The maximum Gasteiger partial charge on any atom is 0.351 e. The molecule has 1 aromatic heterocycles. The number of benzene rings is 1. The van der Waals surface area contributed by atoms with Crippen LogP contribution in [0.1, 0.15) is 18.2 Å². The summed E-state index contributed by atoms with van der Waals surface area (Å²) in [6, 6.07) is 6.20. The highest BCUT2D eigenvalue weighted by Crippen LogP contribution is 2.29. The van der Waals surface area contributed by atoms with Crippen LogP contribution in [0.2, 0.25) is 0 Å². The predicted octanol–water partition coefficient (Wildman–Crippen LogP) is 0.950. The van der Waals surface area contributed by atoms with Crippen LogP contribution in [0.5, 0.6) is 0 Å². The standard InChI is InChI=1S/C16H18BrN3O6S/c1-9-2-4-10(5-3-9)27(23,24)25-8-13-12(21)6-14(26-13)20-7-11(17)15(18)19-16(20)22/h2-5,7,12-14,21H,6,8H2,1H3,(H2,18,19,22)/t12-,13+,14+/m0/s1. The number of ether oxygens (including phenoxy) is 1. The molecule has 11 heteroatoms. The minimum absolute atomic E-state index is 0.0139. The summed E-state index contributed by atoms with van der Waals surface area (Å²) in [5.74, 6) is 0.0406. The number of aliphatic hydroxyl groups is 1. The second-order valence-electron chi connectivity index (χ2n) is 6.15. The molecule has 9 nitrogen and oxygen atoms in total. The average Bonchev–Trinajstić information content (AvgIpc) is 2.97. The summed E-state index contributed by atoms with van der Waals surface area (Å²) >= 11 is 3.18. The third-order valence-corrected chi connectivity index (χ3v) is 6.05. The third-order valence-electron chi connectivity index (χ3n) is 4.15. The van der Waals surface area contributed by atoms with Crippen LogP contribution in [-0.4, -0.2) is 41.9 Å². The van der Waals surface area contributed by atoms with E-state index in [0.717, 1.165) is 5.56 Å². The first-order valence-electron chi connectivity index (χ1n) is 8.01. The average molecular weight is 460 g/mol. The number of nitrogens with zero attached hydrogens (tertiary/aromatic N) is 2. The van der Waals surface area contributed by atoms with E-state index in [9.17, 15) is 18.3 Å².